The molecule has 0 fully saturated rings. The van der Waals surface area contributed by atoms with Crippen LogP contribution < -0.4 is 16.4 Å². The zero-order chi connectivity index (χ0) is 17.9. The van der Waals surface area contributed by atoms with Crippen molar-refractivity contribution >= 4 is 17.6 Å². The molecule has 6 heteroatoms. The van der Waals surface area contributed by atoms with E-state index in [0.717, 1.165) is 42.5 Å². The van der Waals surface area contributed by atoms with E-state index in [9.17, 15) is 14.7 Å². The second-order valence-electron chi connectivity index (χ2n) is 6.12. The number of aryl methyl sites for hydroxylation is 2. The summed E-state index contributed by atoms with van der Waals surface area (Å²) in [6.45, 7) is 5.12. The molecule has 0 aliphatic heterocycles. The third-order valence-electron chi connectivity index (χ3n) is 3.88. The zero-order valence-corrected chi connectivity index (χ0v) is 14.6. The fraction of sp³-hybridized carbons (Fsp3) is 0.556. The van der Waals surface area contributed by atoms with Gasteiger partial charge in [-0.05, 0) is 57.0 Å². The lowest BCUT2D eigenvalue weighted by atomic mass is 10.1. The molecule has 0 saturated carbocycles. The van der Waals surface area contributed by atoms with Crippen LogP contribution in [0.25, 0.3) is 0 Å². The molecular weight excluding hydrogens is 306 g/mol. The molecule has 0 saturated heterocycles. The van der Waals surface area contributed by atoms with Gasteiger partial charge in [-0.1, -0.05) is 25.0 Å². The number of aliphatic carboxylic acids is 1. The molecule has 0 bridgehead atoms. The highest BCUT2D eigenvalue weighted by atomic mass is 16.4. The molecule has 1 rings (SSSR count). The van der Waals surface area contributed by atoms with Crippen LogP contribution in [-0.2, 0) is 9.59 Å². The summed E-state index contributed by atoms with van der Waals surface area (Å²) in [7, 11) is 0. The number of unbranched alkanes of at least 4 members (excludes halogenated alkanes) is 3. The summed E-state index contributed by atoms with van der Waals surface area (Å²) in [4.78, 5) is 23.5. The molecule has 1 atom stereocenters. The third-order valence-corrected chi connectivity index (χ3v) is 3.88. The van der Waals surface area contributed by atoms with Crippen molar-refractivity contribution in [1.82, 2.24) is 5.32 Å². The Hall–Kier alpha value is -1.92. The predicted octanol–water partition coefficient (Wildman–Crippen LogP) is 2.19. The van der Waals surface area contributed by atoms with E-state index < -0.39 is 12.0 Å². The Morgan fingerprint density at radius 1 is 1.17 bits per heavy atom. The van der Waals surface area contributed by atoms with Crippen LogP contribution in [0.5, 0.6) is 0 Å². The van der Waals surface area contributed by atoms with Crippen molar-refractivity contribution in [2.45, 2.75) is 52.0 Å². The number of carbonyl (C=O) groups is 2. The van der Waals surface area contributed by atoms with E-state index in [1.165, 1.54) is 0 Å². The quantitative estimate of drug-likeness (QED) is 0.464. The first-order valence-corrected chi connectivity index (χ1v) is 8.47. The highest BCUT2D eigenvalue weighted by Gasteiger charge is 2.20. The molecule has 1 aromatic carbocycles. The summed E-state index contributed by atoms with van der Waals surface area (Å²) in [5, 5.41) is 15.0. The fourth-order valence-electron chi connectivity index (χ4n) is 2.40. The van der Waals surface area contributed by atoms with E-state index in [4.69, 9.17) is 5.73 Å². The standard InChI is InChI=1S/C18H29N3O3/c1-13-7-8-14(2)15(11-13)21-17(22)12-16(18(23)24)20-10-6-4-3-5-9-19/h7-8,11,16,20H,3-6,9-10,12,19H2,1-2H3,(H,21,22)(H,23,24)/t16-/m0/s1. The minimum atomic E-state index is -1.01. The van der Waals surface area contributed by atoms with Gasteiger partial charge in [0.05, 0.1) is 6.42 Å². The van der Waals surface area contributed by atoms with Gasteiger partial charge in [-0.15, -0.1) is 0 Å². The highest BCUT2D eigenvalue weighted by molar-refractivity contribution is 5.94. The van der Waals surface area contributed by atoms with Gasteiger partial charge in [0.1, 0.15) is 6.04 Å². The van der Waals surface area contributed by atoms with Crippen LogP contribution in [0.2, 0.25) is 0 Å². The number of carboxylic acid groups (broad SMARTS) is 1. The van der Waals surface area contributed by atoms with E-state index >= 15 is 0 Å². The van der Waals surface area contributed by atoms with Gasteiger partial charge in [-0.3, -0.25) is 9.59 Å². The number of nitrogens with two attached hydrogens (primary N) is 1. The highest BCUT2D eigenvalue weighted by Crippen LogP contribution is 2.16. The van der Waals surface area contributed by atoms with Crippen LogP contribution in [0.1, 0.15) is 43.2 Å². The largest absolute Gasteiger partial charge is 0.480 e. The van der Waals surface area contributed by atoms with Crippen molar-refractivity contribution in [3.05, 3.63) is 29.3 Å². The molecule has 6 nitrogen and oxygen atoms in total. The van der Waals surface area contributed by atoms with E-state index in [1.54, 1.807) is 0 Å². The minimum Gasteiger partial charge on any atom is -0.480 e. The zero-order valence-electron chi connectivity index (χ0n) is 14.6. The van der Waals surface area contributed by atoms with Gasteiger partial charge in [0, 0.05) is 5.69 Å². The lowest BCUT2D eigenvalue weighted by molar-refractivity contribution is -0.141. The molecule has 0 spiro atoms. The lowest BCUT2D eigenvalue weighted by Crippen LogP contribution is -2.40. The number of amides is 1. The second kappa shape index (κ2) is 10.8. The Morgan fingerprint density at radius 2 is 1.88 bits per heavy atom. The molecule has 134 valence electrons. The van der Waals surface area contributed by atoms with Crippen LogP contribution >= 0.6 is 0 Å². The van der Waals surface area contributed by atoms with Crippen molar-refractivity contribution < 1.29 is 14.7 Å². The normalized spacial score (nSPS) is 12.0. The van der Waals surface area contributed by atoms with Crippen molar-refractivity contribution in [3.8, 4) is 0 Å². The van der Waals surface area contributed by atoms with Crippen molar-refractivity contribution in [2.24, 2.45) is 5.73 Å². The monoisotopic (exact) mass is 335 g/mol. The predicted molar refractivity (Wildman–Crippen MR) is 96.1 cm³/mol. The number of hydrogen-bond acceptors (Lipinski definition) is 4. The number of rotatable bonds is 11. The van der Waals surface area contributed by atoms with Crippen molar-refractivity contribution in [3.63, 3.8) is 0 Å². The molecule has 24 heavy (non-hydrogen) atoms. The van der Waals surface area contributed by atoms with E-state index in [1.807, 2.05) is 32.0 Å². The molecule has 1 amide bonds. The summed E-state index contributed by atoms with van der Waals surface area (Å²) in [5.41, 5.74) is 8.15. The SMILES string of the molecule is Cc1ccc(C)c(NC(=O)C[C@H](NCCCCCCN)C(=O)O)c1. The van der Waals surface area contributed by atoms with Crippen LogP contribution in [0.3, 0.4) is 0 Å². The number of benzene rings is 1. The topological polar surface area (TPSA) is 104 Å². The molecular formula is C18H29N3O3. The van der Waals surface area contributed by atoms with Crippen LogP contribution in [0.15, 0.2) is 18.2 Å². The molecule has 0 heterocycles. The Bertz CT molecular complexity index is 546. The molecule has 5 N–H and O–H groups in total. The number of carbonyl (C=O) groups excluding carboxylic acids is 1. The van der Waals surface area contributed by atoms with E-state index in [0.29, 0.717) is 13.1 Å². The second-order valence-corrected chi connectivity index (χ2v) is 6.12. The van der Waals surface area contributed by atoms with Gasteiger partial charge in [-0.2, -0.15) is 0 Å². The number of anilines is 1. The Morgan fingerprint density at radius 3 is 2.54 bits per heavy atom. The molecule has 1 aromatic rings. The van der Waals surface area contributed by atoms with Crippen molar-refractivity contribution in [1.29, 1.82) is 0 Å². The average molecular weight is 335 g/mol. The van der Waals surface area contributed by atoms with E-state index in [-0.39, 0.29) is 12.3 Å². The molecule has 0 aliphatic carbocycles. The smallest absolute Gasteiger partial charge is 0.321 e. The summed E-state index contributed by atoms with van der Waals surface area (Å²) >= 11 is 0. The van der Waals surface area contributed by atoms with Crippen LogP contribution in [0.4, 0.5) is 5.69 Å². The first kappa shape index (κ1) is 20.1. The fourth-order valence-corrected chi connectivity index (χ4v) is 2.40. The maximum absolute atomic E-state index is 12.1. The molecule has 0 aliphatic rings. The summed E-state index contributed by atoms with van der Waals surface area (Å²) < 4.78 is 0. The Labute approximate surface area is 143 Å². The van der Waals surface area contributed by atoms with Gasteiger partial charge >= 0.3 is 5.97 Å². The lowest BCUT2D eigenvalue weighted by Gasteiger charge is -2.15. The molecule has 0 unspecified atom stereocenters. The first-order valence-electron chi connectivity index (χ1n) is 8.47. The summed E-state index contributed by atoms with van der Waals surface area (Å²) in [6, 6.07) is 4.91. The number of carboxylic acids is 1. The maximum Gasteiger partial charge on any atom is 0.321 e. The Balaban J connectivity index is 2.45. The molecule has 0 aromatic heterocycles. The number of hydrogen-bond donors (Lipinski definition) is 4. The number of nitrogens with one attached hydrogen (secondary N) is 2. The minimum absolute atomic E-state index is 0.0918. The summed E-state index contributed by atoms with van der Waals surface area (Å²) in [6.07, 6.45) is 3.82. The van der Waals surface area contributed by atoms with Gasteiger partial charge in [-0.25, -0.2) is 0 Å². The maximum atomic E-state index is 12.1. The van der Waals surface area contributed by atoms with Crippen LogP contribution in [0, 0.1) is 13.8 Å². The van der Waals surface area contributed by atoms with Gasteiger partial charge in [0.15, 0.2) is 0 Å². The third kappa shape index (κ3) is 7.57. The van der Waals surface area contributed by atoms with Gasteiger partial charge < -0.3 is 21.5 Å². The van der Waals surface area contributed by atoms with Crippen molar-refractivity contribution in [2.75, 3.05) is 18.4 Å². The Kier molecular flexibility index (Phi) is 9.04. The van der Waals surface area contributed by atoms with Crippen LogP contribution in [-0.4, -0.2) is 36.1 Å². The first-order chi connectivity index (χ1) is 11.4. The molecule has 0 radical (unpaired) electrons. The van der Waals surface area contributed by atoms with Gasteiger partial charge in [0.25, 0.3) is 0 Å². The average Bonchev–Trinajstić information content (AvgIpc) is 2.52. The van der Waals surface area contributed by atoms with E-state index in [2.05, 4.69) is 10.6 Å². The van der Waals surface area contributed by atoms with Gasteiger partial charge in [0.2, 0.25) is 5.91 Å². The summed E-state index contributed by atoms with van der Waals surface area (Å²) in [5.74, 6) is -1.31.